The Balaban J connectivity index is 1.83. The van der Waals surface area contributed by atoms with Crippen LogP contribution < -0.4 is 14.9 Å². The van der Waals surface area contributed by atoms with Gasteiger partial charge in [0, 0.05) is 11.6 Å². The smallest absolute Gasteiger partial charge is 0.168 e. The summed E-state index contributed by atoms with van der Waals surface area (Å²) in [6, 6.07) is 13.3. The molecule has 0 bridgehead atoms. The number of hydrogen-bond acceptors (Lipinski definition) is 6. The van der Waals surface area contributed by atoms with Crippen molar-refractivity contribution in [3.05, 3.63) is 53.7 Å². The molecule has 0 aliphatic carbocycles. The number of hydrazone groups is 1. The lowest BCUT2D eigenvalue weighted by Gasteiger charge is -2.08. The number of aromatic nitrogens is 2. The average molecular weight is 322 g/mol. The summed E-state index contributed by atoms with van der Waals surface area (Å²) in [5, 5.41) is 4.25. The summed E-state index contributed by atoms with van der Waals surface area (Å²) in [7, 11) is 3.23. The predicted octanol–water partition coefficient (Wildman–Crippen LogP) is 3.40. The molecule has 0 saturated heterocycles. The maximum atomic E-state index is 5.34. The first-order valence-corrected chi connectivity index (χ1v) is 7.46. The number of rotatable bonds is 5. The van der Waals surface area contributed by atoms with E-state index in [1.807, 2.05) is 49.4 Å². The summed E-state index contributed by atoms with van der Waals surface area (Å²) in [6.45, 7) is 1.89. The fourth-order valence-corrected chi connectivity index (χ4v) is 2.28. The number of anilines is 1. The number of nitrogens with one attached hydrogen (secondary N) is 1. The van der Waals surface area contributed by atoms with Gasteiger partial charge in [-0.05, 0) is 31.2 Å². The van der Waals surface area contributed by atoms with E-state index in [9.17, 15) is 0 Å². The highest BCUT2D eigenvalue weighted by molar-refractivity contribution is 5.84. The molecule has 0 fully saturated rings. The van der Waals surface area contributed by atoms with E-state index in [4.69, 9.17) is 9.47 Å². The number of methoxy groups -OCH3 is 2. The highest BCUT2D eigenvalue weighted by Crippen LogP contribution is 2.23. The van der Waals surface area contributed by atoms with Gasteiger partial charge in [-0.15, -0.1) is 0 Å². The maximum Gasteiger partial charge on any atom is 0.168 e. The van der Waals surface area contributed by atoms with Crippen LogP contribution in [-0.4, -0.2) is 30.4 Å². The van der Waals surface area contributed by atoms with Crippen LogP contribution in [0.15, 0.2) is 47.6 Å². The van der Waals surface area contributed by atoms with E-state index < -0.39 is 0 Å². The maximum absolute atomic E-state index is 5.34. The van der Waals surface area contributed by atoms with Crippen molar-refractivity contribution in [2.45, 2.75) is 6.92 Å². The zero-order valence-corrected chi connectivity index (χ0v) is 13.8. The molecule has 0 spiro atoms. The van der Waals surface area contributed by atoms with Gasteiger partial charge in [0.05, 0.1) is 37.2 Å². The van der Waals surface area contributed by atoms with E-state index >= 15 is 0 Å². The first-order chi connectivity index (χ1) is 11.7. The Morgan fingerprint density at radius 3 is 2.46 bits per heavy atom. The Morgan fingerprint density at radius 1 is 1.00 bits per heavy atom. The molecule has 0 amide bonds. The van der Waals surface area contributed by atoms with E-state index in [0.717, 1.165) is 28.0 Å². The normalized spacial score (nSPS) is 11.0. The Bertz CT molecular complexity index is 893. The molecule has 122 valence electrons. The van der Waals surface area contributed by atoms with Crippen LogP contribution in [0.3, 0.4) is 0 Å². The van der Waals surface area contributed by atoms with Gasteiger partial charge in [0.2, 0.25) is 0 Å². The highest BCUT2D eigenvalue weighted by Gasteiger charge is 2.05. The first kappa shape index (κ1) is 15.7. The first-order valence-electron chi connectivity index (χ1n) is 7.46. The predicted molar refractivity (Wildman–Crippen MR) is 95.0 cm³/mol. The van der Waals surface area contributed by atoms with Crippen molar-refractivity contribution in [3.8, 4) is 11.5 Å². The van der Waals surface area contributed by atoms with E-state index in [2.05, 4.69) is 20.5 Å². The Hall–Kier alpha value is -3.15. The van der Waals surface area contributed by atoms with E-state index in [-0.39, 0.29) is 0 Å². The average Bonchev–Trinajstić information content (AvgIpc) is 2.62. The lowest BCUT2D eigenvalue weighted by molar-refractivity contribution is 0.394. The molecule has 1 aromatic heterocycles. The molecule has 1 N–H and O–H groups in total. The molecule has 0 saturated carbocycles. The van der Waals surface area contributed by atoms with E-state index in [1.165, 1.54) is 0 Å². The zero-order chi connectivity index (χ0) is 16.9. The molecule has 24 heavy (non-hydrogen) atoms. The molecule has 0 aliphatic rings. The van der Waals surface area contributed by atoms with Crippen LogP contribution in [0.25, 0.3) is 11.0 Å². The van der Waals surface area contributed by atoms with Gasteiger partial charge in [-0.2, -0.15) is 5.10 Å². The summed E-state index contributed by atoms with van der Waals surface area (Å²) in [4.78, 5) is 9.05. The largest absolute Gasteiger partial charge is 0.497 e. The molecule has 0 atom stereocenters. The second kappa shape index (κ2) is 6.95. The third kappa shape index (κ3) is 3.27. The minimum absolute atomic E-state index is 0.623. The number of para-hydroxylation sites is 2. The van der Waals surface area contributed by atoms with Crippen LogP contribution in [0.1, 0.15) is 11.3 Å². The fraction of sp³-hybridized carbons (Fsp3) is 0.167. The minimum Gasteiger partial charge on any atom is -0.497 e. The van der Waals surface area contributed by atoms with Crippen molar-refractivity contribution in [2.75, 3.05) is 19.6 Å². The van der Waals surface area contributed by atoms with Gasteiger partial charge in [0.15, 0.2) is 5.82 Å². The molecule has 2 aromatic carbocycles. The summed E-state index contributed by atoms with van der Waals surface area (Å²) >= 11 is 0. The Labute approximate surface area is 140 Å². The summed E-state index contributed by atoms with van der Waals surface area (Å²) < 4.78 is 10.5. The molecular weight excluding hydrogens is 304 g/mol. The number of benzene rings is 2. The molecule has 6 heteroatoms. The van der Waals surface area contributed by atoms with Crippen LogP contribution in [0.4, 0.5) is 5.82 Å². The Kier molecular flexibility index (Phi) is 4.56. The van der Waals surface area contributed by atoms with Crippen molar-refractivity contribution in [2.24, 2.45) is 5.10 Å². The molecule has 3 rings (SSSR count). The van der Waals surface area contributed by atoms with Crippen LogP contribution in [0.2, 0.25) is 0 Å². The van der Waals surface area contributed by atoms with Gasteiger partial charge >= 0.3 is 0 Å². The summed E-state index contributed by atoms with van der Waals surface area (Å²) in [5.41, 5.74) is 6.24. The number of hydrogen-bond donors (Lipinski definition) is 1. The van der Waals surface area contributed by atoms with Crippen molar-refractivity contribution in [1.29, 1.82) is 0 Å². The number of aryl methyl sites for hydroxylation is 1. The van der Waals surface area contributed by atoms with Crippen LogP contribution >= 0.6 is 0 Å². The molecular formula is C18H18N4O2. The fourth-order valence-electron chi connectivity index (χ4n) is 2.28. The van der Waals surface area contributed by atoms with Crippen LogP contribution in [0, 0.1) is 6.92 Å². The standard InChI is InChI=1S/C18H18N4O2/c1-12-18(21-16-7-5-4-6-15(16)20-12)22-19-11-13-8-9-14(23-2)10-17(13)24-3/h4-11H,1-3H3,(H,21,22)/b19-11-. The highest BCUT2D eigenvalue weighted by atomic mass is 16.5. The van der Waals surface area contributed by atoms with E-state index in [1.54, 1.807) is 20.4 Å². The van der Waals surface area contributed by atoms with Gasteiger partial charge in [-0.3, -0.25) is 5.43 Å². The molecule has 1 heterocycles. The minimum atomic E-state index is 0.623. The lowest BCUT2D eigenvalue weighted by atomic mass is 10.2. The molecule has 3 aromatic rings. The third-order valence-electron chi connectivity index (χ3n) is 3.56. The molecule has 6 nitrogen and oxygen atoms in total. The zero-order valence-electron chi connectivity index (χ0n) is 13.8. The topological polar surface area (TPSA) is 68.6 Å². The molecule has 0 unspecified atom stereocenters. The SMILES string of the molecule is COc1ccc(/C=N\Nc2nc3ccccc3nc2C)c(OC)c1. The monoisotopic (exact) mass is 322 g/mol. The van der Waals surface area contributed by atoms with Crippen molar-refractivity contribution < 1.29 is 9.47 Å². The van der Waals surface area contributed by atoms with Gasteiger partial charge < -0.3 is 9.47 Å². The van der Waals surface area contributed by atoms with Crippen molar-refractivity contribution >= 4 is 23.1 Å². The van der Waals surface area contributed by atoms with Crippen molar-refractivity contribution in [3.63, 3.8) is 0 Å². The lowest BCUT2D eigenvalue weighted by Crippen LogP contribution is -2.00. The van der Waals surface area contributed by atoms with Gasteiger partial charge in [0.1, 0.15) is 11.5 Å². The summed E-state index contributed by atoms with van der Waals surface area (Å²) in [5.74, 6) is 2.03. The Morgan fingerprint density at radius 2 is 1.75 bits per heavy atom. The van der Waals surface area contributed by atoms with Gasteiger partial charge in [-0.1, -0.05) is 12.1 Å². The molecule has 0 aliphatic heterocycles. The van der Waals surface area contributed by atoms with Crippen molar-refractivity contribution in [1.82, 2.24) is 9.97 Å². The van der Waals surface area contributed by atoms with Gasteiger partial charge in [-0.25, -0.2) is 9.97 Å². The molecule has 0 radical (unpaired) electrons. The van der Waals surface area contributed by atoms with Crippen LogP contribution in [-0.2, 0) is 0 Å². The quantitative estimate of drug-likeness (QED) is 0.576. The third-order valence-corrected chi connectivity index (χ3v) is 3.56. The summed E-state index contributed by atoms with van der Waals surface area (Å²) in [6.07, 6.45) is 1.68. The van der Waals surface area contributed by atoms with Crippen LogP contribution in [0.5, 0.6) is 11.5 Å². The number of ether oxygens (including phenoxy) is 2. The number of fused-ring (bicyclic) bond motifs is 1. The second-order valence-corrected chi connectivity index (χ2v) is 5.12. The second-order valence-electron chi connectivity index (χ2n) is 5.12. The number of nitrogens with zero attached hydrogens (tertiary/aromatic N) is 3. The van der Waals surface area contributed by atoms with E-state index in [0.29, 0.717) is 11.6 Å². The van der Waals surface area contributed by atoms with Gasteiger partial charge in [0.25, 0.3) is 0 Å².